The summed E-state index contributed by atoms with van der Waals surface area (Å²) < 4.78 is 0. The second kappa shape index (κ2) is 10.00. The van der Waals surface area contributed by atoms with Crippen LogP contribution in [0.25, 0.3) is 0 Å². The van der Waals surface area contributed by atoms with Crippen LogP contribution in [0.3, 0.4) is 0 Å². The fourth-order valence-corrected chi connectivity index (χ4v) is 2.43. The van der Waals surface area contributed by atoms with E-state index in [9.17, 15) is 0 Å². The van der Waals surface area contributed by atoms with E-state index in [2.05, 4.69) is 41.0 Å². The molecule has 20 heavy (non-hydrogen) atoms. The Labute approximate surface area is 124 Å². The molecule has 3 N–H and O–H groups in total. The number of guanidine groups is 1. The van der Waals surface area contributed by atoms with Gasteiger partial charge in [-0.25, -0.2) is 0 Å². The van der Waals surface area contributed by atoms with Crippen LogP contribution in [0.5, 0.6) is 0 Å². The Balaban J connectivity index is 2.14. The van der Waals surface area contributed by atoms with E-state index in [1.54, 1.807) is 0 Å². The smallest absolute Gasteiger partial charge is 0.188 e. The van der Waals surface area contributed by atoms with Crippen LogP contribution >= 0.6 is 0 Å². The predicted octanol–water partition coefficient (Wildman–Crippen LogP) is 1.11. The van der Waals surface area contributed by atoms with E-state index in [0.29, 0.717) is 12.0 Å². The first-order valence-electron chi connectivity index (χ1n) is 8.10. The number of aliphatic imine (C=N–C) groups is 1. The average molecular weight is 283 g/mol. The fourth-order valence-electron chi connectivity index (χ4n) is 2.43. The highest BCUT2D eigenvalue weighted by Gasteiger charge is 2.18. The number of nitrogens with two attached hydrogens (primary N) is 1. The third kappa shape index (κ3) is 7.10. The molecule has 1 rings (SSSR count). The van der Waals surface area contributed by atoms with Crippen LogP contribution in [0.1, 0.15) is 39.5 Å². The van der Waals surface area contributed by atoms with Gasteiger partial charge in [0.25, 0.3) is 0 Å². The highest BCUT2D eigenvalue weighted by Crippen LogP contribution is 2.05. The first-order valence-corrected chi connectivity index (χ1v) is 8.10. The fraction of sp³-hybridized carbons (Fsp3) is 0.933. The maximum Gasteiger partial charge on any atom is 0.188 e. The summed E-state index contributed by atoms with van der Waals surface area (Å²) in [7, 11) is 2.18. The van der Waals surface area contributed by atoms with Gasteiger partial charge in [-0.3, -0.25) is 9.89 Å². The molecule has 118 valence electrons. The van der Waals surface area contributed by atoms with E-state index in [4.69, 9.17) is 5.73 Å². The zero-order valence-electron chi connectivity index (χ0n) is 13.6. The van der Waals surface area contributed by atoms with Crippen LogP contribution in [0, 0.1) is 0 Å². The number of piperazine rings is 1. The van der Waals surface area contributed by atoms with Crippen LogP contribution in [0.4, 0.5) is 0 Å². The number of likely N-dealkylation sites (N-methyl/N-ethyl adjacent to an activating group) is 1. The van der Waals surface area contributed by atoms with E-state index in [-0.39, 0.29) is 0 Å². The van der Waals surface area contributed by atoms with Gasteiger partial charge in [-0.2, -0.15) is 0 Å². The molecule has 0 saturated carbocycles. The van der Waals surface area contributed by atoms with Crippen molar-refractivity contribution in [3.63, 3.8) is 0 Å². The van der Waals surface area contributed by atoms with Gasteiger partial charge in [0.1, 0.15) is 0 Å². The number of rotatable bonds is 8. The molecule has 0 bridgehead atoms. The Kier molecular flexibility index (Phi) is 8.62. The van der Waals surface area contributed by atoms with Gasteiger partial charge in [0.15, 0.2) is 5.96 Å². The molecule has 1 aliphatic heterocycles. The minimum Gasteiger partial charge on any atom is -0.370 e. The van der Waals surface area contributed by atoms with Crippen molar-refractivity contribution in [2.45, 2.75) is 45.6 Å². The van der Waals surface area contributed by atoms with Crippen molar-refractivity contribution < 1.29 is 0 Å². The molecule has 1 saturated heterocycles. The lowest BCUT2D eigenvalue weighted by Gasteiger charge is -2.35. The Bertz CT molecular complexity index is 271. The van der Waals surface area contributed by atoms with Crippen LogP contribution < -0.4 is 11.1 Å². The number of nitrogens with zero attached hydrogens (tertiary/aromatic N) is 3. The standard InChI is InChI=1S/C15H33N5/c1-4-5-6-7-8-17-15(16)18-13-14(2)20-11-9-19(3)10-12-20/h14H,4-13H2,1-3H3,(H3,16,17,18). The highest BCUT2D eigenvalue weighted by atomic mass is 15.3. The van der Waals surface area contributed by atoms with Crippen molar-refractivity contribution in [1.82, 2.24) is 15.1 Å². The van der Waals surface area contributed by atoms with Crippen molar-refractivity contribution in [3.8, 4) is 0 Å². The summed E-state index contributed by atoms with van der Waals surface area (Å²) >= 11 is 0. The number of hydrogen-bond acceptors (Lipinski definition) is 3. The Morgan fingerprint density at radius 3 is 2.55 bits per heavy atom. The number of nitrogens with one attached hydrogen (secondary N) is 1. The van der Waals surface area contributed by atoms with Crippen molar-refractivity contribution in [2.75, 3.05) is 46.3 Å². The van der Waals surface area contributed by atoms with Gasteiger partial charge in [0.05, 0.1) is 6.54 Å². The quantitative estimate of drug-likeness (QED) is 0.398. The van der Waals surface area contributed by atoms with Gasteiger partial charge < -0.3 is 16.0 Å². The minimum absolute atomic E-state index is 0.476. The summed E-state index contributed by atoms with van der Waals surface area (Å²) in [4.78, 5) is 9.34. The largest absolute Gasteiger partial charge is 0.370 e. The molecule has 0 aliphatic carbocycles. The van der Waals surface area contributed by atoms with E-state index in [1.165, 1.54) is 25.7 Å². The minimum atomic E-state index is 0.476. The van der Waals surface area contributed by atoms with Crippen molar-refractivity contribution >= 4 is 5.96 Å². The number of hydrogen-bond donors (Lipinski definition) is 2. The average Bonchev–Trinajstić information content (AvgIpc) is 2.45. The molecule has 1 unspecified atom stereocenters. The van der Waals surface area contributed by atoms with Crippen LogP contribution in [0.15, 0.2) is 4.99 Å². The molecule has 5 nitrogen and oxygen atoms in total. The Hall–Kier alpha value is -0.810. The SMILES string of the molecule is CCCCCCNC(N)=NCC(C)N1CCN(C)CC1. The lowest BCUT2D eigenvalue weighted by atomic mass is 10.2. The molecule has 0 amide bonds. The molecule has 1 aliphatic rings. The van der Waals surface area contributed by atoms with Crippen LogP contribution in [-0.4, -0.2) is 68.1 Å². The van der Waals surface area contributed by atoms with Crippen molar-refractivity contribution in [2.24, 2.45) is 10.7 Å². The normalized spacial score (nSPS) is 20.1. The zero-order valence-corrected chi connectivity index (χ0v) is 13.6. The lowest BCUT2D eigenvalue weighted by Crippen LogP contribution is -2.49. The summed E-state index contributed by atoms with van der Waals surface area (Å²) in [6.07, 6.45) is 5.03. The summed E-state index contributed by atoms with van der Waals surface area (Å²) in [5.41, 5.74) is 5.90. The van der Waals surface area contributed by atoms with Gasteiger partial charge in [-0.05, 0) is 20.4 Å². The Morgan fingerprint density at radius 2 is 1.90 bits per heavy atom. The van der Waals surface area contributed by atoms with Crippen molar-refractivity contribution in [3.05, 3.63) is 0 Å². The first kappa shape index (κ1) is 17.2. The van der Waals surface area contributed by atoms with Crippen LogP contribution in [-0.2, 0) is 0 Å². The Morgan fingerprint density at radius 1 is 1.20 bits per heavy atom. The molecule has 1 atom stereocenters. The summed E-state index contributed by atoms with van der Waals surface area (Å²) in [5.74, 6) is 0.600. The molecule has 0 aromatic carbocycles. The maximum atomic E-state index is 5.90. The first-order chi connectivity index (χ1) is 9.63. The topological polar surface area (TPSA) is 56.9 Å². The monoisotopic (exact) mass is 283 g/mol. The van der Waals surface area contributed by atoms with E-state index < -0.39 is 0 Å². The van der Waals surface area contributed by atoms with Crippen LogP contribution in [0.2, 0.25) is 0 Å². The van der Waals surface area contributed by atoms with Crippen molar-refractivity contribution in [1.29, 1.82) is 0 Å². The van der Waals surface area contributed by atoms with Gasteiger partial charge in [-0.15, -0.1) is 0 Å². The van der Waals surface area contributed by atoms with Gasteiger partial charge in [-0.1, -0.05) is 26.2 Å². The molecule has 1 heterocycles. The third-order valence-electron chi connectivity index (χ3n) is 4.02. The second-order valence-corrected chi connectivity index (χ2v) is 5.90. The summed E-state index contributed by atoms with van der Waals surface area (Å²) in [6.45, 7) is 10.8. The molecular weight excluding hydrogens is 250 g/mol. The maximum absolute atomic E-state index is 5.90. The second-order valence-electron chi connectivity index (χ2n) is 5.90. The molecule has 5 heteroatoms. The number of unbranched alkanes of at least 4 members (excludes halogenated alkanes) is 3. The molecule has 0 aromatic rings. The predicted molar refractivity (Wildman–Crippen MR) is 87.2 cm³/mol. The summed E-state index contributed by atoms with van der Waals surface area (Å²) in [5, 5.41) is 3.21. The lowest BCUT2D eigenvalue weighted by molar-refractivity contribution is 0.122. The zero-order chi connectivity index (χ0) is 14.8. The van der Waals surface area contributed by atoms with Gasteiger partial charge in [0.2, 0.25) is 0 Å². The molecule has 0 aromatic heterocycles. The molecule has 1 fully saturated rings. The molecule has 0 radical (unpaired) electrons. The highest BCUT2D eigenvalue weighted by molar-refractivity contribution is 5.77. The van der Waals surface area contributed by atoms with E-state index in [0.717, 1.165) is 39.3 Å². The third-order valence-corrected chi connectivity index (χ3v) is 4.02. The van der Waals surface area contributed by atoms with E-state index in [1.807, 2.05) is 0 Å². The van der Waals surface area contributed by atoms with Gasteiger partial charge >= 0.3 is 0 Å². The summed E-state index contributed by atoms with van der Waals surface area (Å²) in [6, 6.07) is 0.476. The van der Waals surface area contributed by atoms with Gasteiger partial charge in [0, 0.05) is 38.8 Å². The molecule has 0 spiro atoms. The molecular formula is C15H33N5. The van der Waals surface area contributed by atoms with E-state index >= 15 is 0 Å².